The van der Waals surface area contributed by atoms with E-state index in [0.29, 0.717) is 6.42 Å². The van der Waals surface area contributed by atoms with Gasteiger partial charge in [0, 0.05) is 24.7 Å². The second-order valence-corrected chi connectivity index (χ2v) is 14.2. The van der Waals surface area contributed by atoms with E-state index >= 15 is 0 Å². The van der Waals surface area contributed by atoms with Crippen molar-refractivity contribution in [3.8, 4) is 11.7 Å². The first-order chi connectivity index (χ1) is 11.6. The molecule has 0 aliphatic rings. The van der Waals surface area contributed by atoms with E-state index < -0.39 is 15.1 Å². The Balaban J connectivity index is 0. The fourth-order valence-electron chi connectivity index (χ4n) is 2.32. The van der Waals surface area contributed by atoms with Gasteiger partial charge in [-0.25, -0.2) is 5.82 Å². The summed E-state index contributed by atoms with van der Waals surface area (Å²) in [6.07, 6.45) is 0.572. The Kier molecular flexibility index (Phi) is 13.2. The molecule has 7 heteroatoms. The van der Waals surface area contributed by atoms with Gasteiger partial charge in [0.1, 0.15) is 0 Å². The maximum atomic E-state index is 6.38. The predicted molar refractivity (Wildman–Crippen MR) is 115 cm³/mol. The van der Waals surface area contributed by atoms with Crippen molar-refractivity contribution in [2.75, 3.05) is 0 Å². The van der Waals surface area contributed by atoms with Crippen LogP contribution >= 0.6 is 0 Å². The van der Waals surface area contributed by atoms with Crippen LogP contribution in [0.25, 0.3) is 0 Å². The quantitative estimate of drug-likeness (QED) is 0.447. The SMILES string of the molecule is CC(C)O[B-](C#CCC(C)O[Si](C)(C)C(C)(C)C)(OC(C)C)OC(C)C.[Li+]. The zero-order valence-corrected chi connectivity index (χ0v) is 21.2. The molecule has 0 radical (unpaired) electrons. The average molecular weight is 392 g/mol. The van der Waals surface area contributed by atoms with Crippen molar-refractivity contribution in [1.29, 1.82) is 0 Å². The molecule has 0 aliphatic carbocycles. The van der Waals surface area contributed by atoms with Crippen molar-refractivity contribution in [2.45, 2.75) is 118 Å². The molecule has 0 aromatic carbocycles. The molecule has 154 valence electrons. The van der Waals surface area contributed by atoms with Gasteiger partial charge in [-0.2, -0.15) is 0 Å². The topological polar surface area (TPSA) is 36.9 Å². The Labute approximate surface area is 182 Å². The van der Waals surface area contributed by atoms with Crippen LogP contribution in [0.2, 0.25) is 18.1 Å². The molecule has 0 fully saturated rings. The smallest absolute Gasteiger partial charge is 0.532 e. The van der Waals surface area contributed by atoms with Crippen molar-refractivity contribution in [3.63, 3.8) is 0 Å². The molecule has 0 saturated heterocycles. The first-order valence-electron chi connectivity index (χ1n) is 9.95. The molecule has 0 saturated carbocycles. The minimum absolute atomic E-state index is 0. The largest absolute Gasteiger partial charge is 1.00 e. The van der Waals surface area contributed by atoms with Crippen LogP contribution in [0.5, 0.6) is 0 Å². The predicted octanol–water partition coefficient (Wildman–Crippen LogP) is 2.55. The Bertz CT molecular complexity index is 452. The van der Waals surface area contributed by atoms with Gasteiger partial charge in [-0.3, -0.25) is 0 Å². The molecule has 0 aromatic heterocycles. The van der Waals surface area contributed by atoms with Crippen LogP contribution in [-0.2, 0) is 18.4 Å². The summed E-state index contributed by atoms with van der Waals surface area (Å²) in [6, 6.07) is 0. The second kappa shape index (κ2) is 12.1. The fraction of sp³-hybridized carbons (Fsp3) is 0.900. The summed E-state index contributed by atoms with van der Waals surface area (Å²) in [5, 5.41) is 0.185. The van der Waals surface area contributed by atoms with E-state index in [4.69, 9.17) is 18.4 Å². The Morgan fingerprint density at radius 2 is 1.19 bits per heavy atom. The van der Waals surface area contributed by atoms with Crippen molar-refractivity contribution in [3.05, 3.63) is 0 Å². The van der Waals surface area contributed by atoms with Gasteiger partial charge < -0.3 is 18.4 Å². The van der Waals surface area contributed by atoms with E-state index in [9.17, 15) is 0 Å². The first kappa shape index (κ1) is 29.5. The van der Waals surface area contributed by atoms with Crippen LogP contribution < -0.4 is 18.9 Å². The van der Waals surface area contributed by atoms with Crippen LogP contribution in [0.4, 0.5) is 0 Å². The molecule has 1 atom stereocenters. The van der Waals surface area contributed by atoms with Gasteiger partial charge in [0.15, 0.2) is 8.32 Å². The van der Waals surface area contributed by atoms with Gasteiger partial charge in [0.05, 0.1) is 6.10 Å². The Morgan fingerprint density at radius 3 is 1.48 bits per heavy atom. The van der Waals surface area contributed by atoms with E-state index in [1.165, 1.54) is 0 Å². The van der Waals surface area contributed by atoms with Crippen molar-refractivity contribution >= 4 is 15.1 Å². The number of hydrogen-bond acceptors (Lipinski definition) is 4. The molecule has 0 amide bonds. The van der Waals surface area contributed by atoms with Gasteiger partial charge in [0.25, 0.3) is 0 Å². The molecule has 0 spiro atoms. The van der Waals surface area contributed by atoms with E-state index in [0.717, 1.165) is 0 Å². The zero-order valence-electron chi connectivity index (χ0n) is 20.2. The molecule has 27 heavy (non-hydrogen) atoms. The molecule has 4 nitrogen and oxygen atoms in total. The van der Waals surface area contributed by atoms with E-state index in [-0.39, 0.29) is 48.3 Å². The molecule has 0 aliphatic heterocycles. The first-order valence-corrected chi connectivity index (χ1v) is 12.9. The Hall–Kier alpha value is 0.279. The van der Waals surface area contributed by atoms with Crippen LogP contribution in [0.1, 0.15) is 75.7 Å². The van der Waals surface area contributed by atoms with Crippen LogP contribution in [0.3, 0.4) is 0 Å². The third-order valence-corrected chi connectivity index (χ3v) is 8.93. The molecule has 0 N–H and O–H groups in total. The van der Waals surface area contributed by atoms with Crippen LogP contribution in [-0.4, -0.2) is 39.5 Å². The normalized spacial score (nSPS) is 14.2. The summed E-state index contributed by atoms with van der Waals surface area (Å²) in [6.45, 7) is 23.0. The molecule has 0 aromatic rings. The third kappa shape index (κ3) is 11.8. The molecule has 0 bridgehead atoms. The minimum atomic E-state index is -2.11. The van der Waals surface area contributed by atoms with Crippen LogP contribution in [0, 0.1) is 11.7 Å². The minimum Gasteiger partial charge on any atom is -0.532 e. The number of hydrogen-bond donors (Lipinski definition) is 0. The van der Waals surface area contributed by atoms with Crippen molar-refractivity contribution in [2.24, 2.45) is 0 Å². The second-order valence-electron chi connectivity index (χ2n) is 9.41. The monoisotopic (exact) mass is 392 g/mol. The third-order valence-electron chi connectivity index (χ3n) is 4.32. The summed E-state index contributed by atoms with van der Waals surface area (Å²) >= 11 is 0. The molecule has 0 heterocycles. The molecule has 1 unspecified atom stereocenters. The Morgan fingerprint density at radius 1 is 0.815 bits per heavy atom. The zero-order chi connectivity index (χ0) is 20.8. The standard InChI is InChI=1S/C20H42BO4Si.Li/c1-16(2)22-21(23-17(3)4,24-18(5)6)15-13-14-19(7)25-26(11,12)20(8,9)10;/h16-19H,14H2,1-12H3;/q-1;+1. The van der Waals surface area contributed by atoms with E-state index in [2.05, 4.69) is 52.5 Å². The summed E-state index contributed by atoms with van der Waals surface area (Å²) in [7, 11) is -1.80. The van der Waals surface area contributed by atoms with Gasteiger partial charge in [-0.1, -0.05) is 20.8 Å². The maximum absolute atomic E-state index is 6.38. The van der Waals surface area contributed by atoms with Crippen molar-refractivity contribution < 1.29 is 37.2 Å². The maximum Gasteiger partial charge on any atom is 1.00 e. The van der Waals surface area contributed by atoms with Gasteiger partial charge in [-0.15, -0.1) is 5.92 Å². The molecule has 0 rings (SSSR count). The van der Waals surface area contributed by atoms with Gasteiger partial charge in [-0.05, 0) is 66.6 Å². The summed E-state index contributed by atoms with van der Waals surface area (Å²) in [5.41, 5.74) is 0. The van der Waals surface area contributed by atoms with Gasteiger partial charge in [0.2, 0.25) is 0 Å². The van der Waals surface area contributed by atoms with E-state index in [1.54, 1.807) is 0 Å². The van der Waals surface area contributed by atoms with Gasteiger partial charge >= 0.3 is 25.6 Å². The average Bonchev–Trinajstić information content (AvgIpc) is 2.33. The fourth-order valence-corrected chi connectivity index (χ4v) is 3.77. The summed E-state index contributed by atoms with van der Waals surface area (Å²) in [4.78, 5) is 0. The molecular weight excluding hydrogens is 350 g/mol. The molecular formula is C20H42BLiO4Si. The van der Waals surface area contributed by atoms with Crippen molar-refractivity contribution in [1.82, 2.24) is 0 Å². The van der Waals surface area contributed by atoms with E-state index in [1.807, 2.05) is 41.5 Å². The summed E-state index contributed by atoms with van der Waals surface area (Å²) < 4.78 is 24.4. The number of rotatable bonds is 9. The van der Waals surface area contributed by atoms with Crippen LogP contribution in [0.15, 0.2) is 0 Å². The summed E-state index contributed by atoms with van der Waals surface area (Å²) in [5.74, 6) is 6.38.